The van der Waals surface area contributed by atoms with Gasteiger partial charge in [0.05, 0.1) is 12.7 Å². The van der Waals surface area contributed by atoms with Gasteiger partial charge in [-0.2, -0.15) is 0 Å². The zero-order valence-corrected chi connectivity index (χ0v) is 39.6. The summed E-state index contributed by atoms with van der Waals surface area (Å²) in [5.41, 5.74) is 0. The van der Waals surface area contributed by atoms with Crippen molar-refractivity contribution in [1.29, 1.82) is 0 Å². The van der Waals surface area contributed by atoms with Crippen LogP contribution >= 0.6 is 7.82 Å². The Morgan fingerprint density at radius 2 is 0.953 bits per heavy atom. The molecule has 0 heterocycles. The maximum atomic E-state index is 12.8. The molecule has 1 rings (SSSR count). The van der Waals surface area contributed by atoms with Crippen molar-refractivity contribution in [2.24, 2.45) is 0 Å². The normalized spacial score (nSPS) is 22.7. The Hall–Kier alpha value is -2.75. The van der Waals surface area contributed by atoms with Crippen LogP contribution in [0.1, 0.15) is 162 Å². The van der Waals surface area contributed by atoms with Gasteiger partial charge in [-0.3, -0.25) is 18.6 Å². The molecule has 0 spiro atoms. The van der Waals surface area contributed by atoms with Crippen LogP contribution in [0.25, 0.3) is 0 Å². The number of aliphatic hydroxyl groups is 6. The Labute approximate surface area is 383 Å². The molecule has 15 heteroatoms. The summed E-state index contributed by atoms with van der Waals surface area (Å²) in [4.78, 5) is 35.7. The number of aliphatic hydroxyl groups excluding tert-OH is 6. The summed E-state index contributed by atoms with van der Waals surface area (Å²) in [6.45, 7) is 2.71. The molecule has 14 nitrogen and oxygen atoms in total. The number of carbonyl (C=O) groups is 2. The number of phosphoric acid groups is 1. The van der Waals surface area contributed by atoms with E-state index in [9.17, 15) is 49.7 Å². The average Bonchev–Trinajstić information content (AvgIpc) is 3.26. The van der Waals surface area contributed by atoms with Crippen LogP contribution in [0.15, 0.2) is 72.9 Å². The van der Waals surface area contributed by atoms with Gasteiger partial charge in [-0.05, 0) is 51.9 Å². The molecule has 0 radical (unpaired) electrons. The van der Waals surface area contributed by atoms with Gasteiger partial charge in [0.2, 0.25) is 0 Å². The lowest BCUT2D eigenvalue weighted by molar-refractivity contribution is -0.220. The molecule has 1 fully saturated rings. The summed E-state index contributed by atoms with van der Waals surface area (Å²) in [7, 11) is -5.15. The van der Waals surface area contributed by atoms with E-state index >= 15 is 0 Å². The molecular weight excluding hydrogens is 843 g/mol. The second-order valence-electron chi connectivity index (χ2n) is 16.5. The molecule has 0 bridgehead atoms. The van der Waals surface area contributed by atoms with Crippen LogP contribution in [-0.2, 0) is 32.7 Å². The molecule has 0 aromatic rings. The van der Waals surface area contributed by atoms with E-state index in [1.54, 1.807) is 13.0 Å². The number of carbonyl (C=O) groups excluding carboxylic acids is 2. The third kappa shape index (κ3) is 31.2. The maximum Gasteiger partial charge on any atom is 0.472 e. The van der Waals surface area contributed by atoms with Crippen molar-refractivity contribution in [3.8, 4) is 0 Å². The van der Waals surface area contributed by atoms with Crippen molar-refractivity contribution in [3.05, 3.63) is 72.9 Å². The summed E-state index contributed by atoms with van der Waals surface area (Å²) >= 11 is 0. The zero-order valence-electron chi connectivity index (χ0n) is 38.7. The number of phosphoric ester groups is 1. The first-order chi connectivity index (χ1) is 30.8. The SMILES string of the molecule is CCCCCCCCCCCCCCCCCC(=O)OCC(COP(=O)(O)OC1C(O)C(O)C(O)C(O)C1O)OC(=O)CC/C=C/C/C=C/C/C=C/C/C=C/C/C=C/C/C=C\C(C)O. The lowest BCUT2D eigenvalue weighted by Gasteiger charge is -2.41. The van der Waals surface area contributed by atoms with E-state index in [4.69, 9.17) is 18.5 Å². The van der Waals surface area contributed by atoms with Gasteiger partial charge in [-0.25, -0.2) is 4.57 Å². The molecule has 0 aromatic heterocycles. The number of rotatable bonds is 38. The minimum atomic E-state index is -5.15. The van der Waals surface area contributed by atoms with Crippen molar-refractivity contribution in [3.63, 3.8) is 0 Å². The van der Waals surface area contributed by atoms with Crippen LogP contribution in [0, 0.1) is 0 Å². The molecule has 7 N–H and O–H groups in total. The highest BCUT2D eigenvalue weighted by Gasteiger charge is 2.51. The van der Waals surface area contributed by atoms with Crippen LogP contribution in [0.3, 0.4) is 0 Å². The minimum Gasteiger partial charge on any atom is -0.462 e. The Morgan fingerprint density at radius 3 is 1.41 bits per heavy atom. The van der Waals surface area contributed by atoms with Gasteiger partial charge in [0, 0.05) is 12.8 Å². The maximum absolute atomic E-state index is 12.8. The van der Waals surface area contributed by atoms with E-state index < -0.39 is 81.8 Å². The van der Waals surface area contributed by atoms with E-state index in [1.165, 1.54) is 70.6 Å². The molecule has 1 aliphatic carbocycles. The molecular formula is C49H83O14P. The van der Waals surface area contributed by atoms with Crippen molar-refractivity contribution < 1.29 is 68.2 Å². The molecule has 0 aliphatic heterocycles. The molecule has 64 heavy (non-hydrogen) atoms. The summed E-state index contributed by atoms with van der Waals surface area (Å²) in [6, 6.07) is 0. The molecule has 1 aliphatic rings. The first-order valence-electron chi connectivity index (χ1n) is 23.8. The second kappa shape index (κ2) is 38.4. The van der Waals surface area contributed by atoms with Crippen LogP contribution in [0.5, 0.6) is 0 Å². The molecule has 368 valence electrons. The van der Waals surface area contributed by atoms with Crippen molar-refractivity contribution in [2.75, 3.05) is 13.2 Å². The first-order valence-corrected chi connectivity index (χ1v) is 25.3. The fraction of sp³-hybridized carbons (Fsp3) is 0.714. The third-order valence-corrected chi connectivity index (χ3v) is 11.6. The highest BCUT2D eigenvalue weighted by Crippen LogP contribution is 2.47. The van der Waals surface area contributed by atoms with Gasteiger partial charge in [-0.1, -0.05) is 170 Å². The van der Waals surface area contributed by atoms with Crippen LogP contribution in [-0.4, -0.2) is 110 Å². The van der Waals surface area contributed by atoms with Gasteiger partial charge in [0.15, 0.2) is 6.10 Å². The zero-order chi connectivity index (χ0) is 47.3. The van der Waals surface area contributed by atoms with Crippen molar-refractivity contribution in [1.82, 2.24) is 0 Å². The number of allylic oxidation sites excluding steroid dienone is 11. The standard InChI is InChI=1S/C49H83O14P/c1-3-4-5-6-7-8-9-10-14-18-21-24-27-30-33-36-42(51)60-38-41(39-61-64(58,59)63-49-47(56)45(54)44(53)46(55)48(49)57)62-43(52)37-34-31-28-25-22-19-16-13-11-12-15-17-20-23-26-29-32-35-40(2)50/h11,13,15,17,19,22-23,26,28,31-32,35,40-41,44-50,53-57H,3-10,12,14,16,18,20-21,24-25,27,29-30,33-34,36-39H2,1-2H3,(H,58,59)/b13-11+,17-15+,22-19+,26-23+,31-28+,35-32-. The van der Waals surface area contributed by atoms with Gasteiger partial charge >= 0.3 is 19.8 Å². The summed E-state index contributed by atoms with van der Waals surface area (Å²) < 4.78 is 33.4. The van der Waals surface area contributed by atoms with Crippen LogP contribution in [0.4, 0.5) is 0 Å². The van der Waals surface area contributed by atoms with Gasteiger partial charge in [0.1, 0.15) is 43.2 Å². The van der Waals surface area contributed by atoms with E-state index in [1.807, 2.05) is 30.4 Å². The molecule has 0 saturated heterocycles. The van der Waals surface area contributed by atoms with Crippen molar-refractivity contribution >= 4 is 19.8 Å². The number of hydrogen-bond donors (Lipinski definition) is 7. The Bertz CT molecular complexity index is 1410. The number of hydrogen-bond acceptors (Lipinski definition) is 13. The van der Waals surface area contributed by atoms with Gasteiger partial charge in [-0.15, -0.1) is 0 Å². The predicted molar refractivity (Wildman–Crippen MR) is 250 cm³/mol. The summed E-state index contributed by atoms with van der Waals surface area (Å²) in [5.74, 6) is -1.21. The molecule has 0 aromatic carbocycles. The Balaban J connectivity index is 2.50. The van der Waals surface area contributed by atoms with Gasteiger partial charge in [0.25, 0.3) is 0 Å². The largest absolute Gasteiger partial charge is 0.472 e. The summed E-state index contributed by atoms with van der Waals surface area (Å²) in [6.07, 6.45) is 32.5. The number of esters is 2. The topological polar surface area (TPSA) is 230 Å². The first kappa shape index (κ1) is 59.3. The Kier molecular flexibility index (Phi) is 35.5. The predicted octanol–water partition coefficient (Wildman–Crippen LogP) is 8.47. The molecule has 7 atom stereocenters. The molecule has 1 saturated carbocycles. The van der Waals surface area contributed by atoms with Crippen LogP contribution < -0.4 is 0 Å². The number of ether oxygens (including phenoxy) is 2. The van der Waals surface area contributed by atoms with E-state index in [0.29, 0.717) is 19.3 Å². The highest BCUT2D eigenvalue weighted by atomic mass is 31.2. The van der Waals surface area contributed by atoms with E-state index in [-0.39, 0.29) is 12.8 Å². The third-order valence-electron chi connectivity index (χ3n) is 10.6. The molecule has 0 amide bonds. The van der Waals surface area contributed by atoms with Gasteiger partial charge < -0.3 is 45.0 Å². The minimum absolute atomic E-state index is 0.0400. The number of unbranched alkanes of at least 4 members (excludes halogenated alkanes) is 14. The Morgan fingerprint density at radius 1 is 0.547 bits per heavy atom. The fourth-order valence-electron chi connectivity index (χ4n) is 6.80. The quantitative estimate of drug-likeness (QED) is 0.0133. The smallest absolute Gasteiger partial charge is 0.462 e. The van der Waals surface area contributed by atoms with Crippen LogP contribution in [0.2, 0.25) is 0 Å². The second-order valence-corrected chi connectivity index (χ2v) is 17.9. The lowest BCUT2D eigenvalue weighted by atomic mass is 9.85. The van der Waals surface area contributed by atoms with E-state index in [0.717, 1.165) is 44.9 Å². The van der Waals surface area contributed by atoms with E-state index in [2.05, 4.69) is 43.4 Å². The average molecular weight is 927 g/mol. The molecule has 7 unspecified atom stereocenters. The summed E-state index contributed by atoms with van der Waals surface area (Å²) in [5, 5.41) is 59.4. The van der Waals surface area contributed by atoms with Crippen molar-refractivity contribution in [2.45, 2.75) is 210 Å². The highest BCUT2D eigenvalue weighted by molar-refractivity contribution is 7.47. The monoisotopic (exact) mass is 927 g/mol. The fourth-order valence-corrected chi connectivity index (χ4v) is 7.77. The lowest BCUT2D eigenvalue weighted by Crippen LogP contribution is -2.64.